The van der Waals surface area contributed by atoms with Crippen LogP contribution in [-0.4, -0.2) is 36.6 Å². The lowest BCUT2D eigenvalue weighted by atomic mass is 10.1. The summed E-state index contributed by atoms with van der Waals surface area (Å²) in [6.45, 7) is 5.70. The van der Waals surface area contributed by atoms with Crippen molar-refractivity contribution < 1.29 is 18.0 Å². The van der Waals surface area contributed by atoms with Crippen molar-refractivity contribution in [1.29, 1.82) is 0 Å². The Morgan fingerprint density at radius 1 is 1.40 bits per heavy atom. The molecule has 20 heavy (non-hydrogen) atoms. The van der Waals surface area contributed by atoms with E-state index < -0.39 is 18.5 Å². The molecule has 0 aliphatic heterocycles. The molecule has 0 aliphatic rings. The van der Waals surface area contributed by atoms with Crippen molar-refractivity contribution in [3.63, 3.8) is 0 Å². The minimum Gasteiger partial charge on any atom is -0.354 e. The summed E-state index contributed by atoms with van der Waals surface area (Å²) >= 11 is 1.53. The Bertz CT molecular complexity index is 402. The third kappa shape index (κ3) is 5.50. The van der Waals surface area contributed by atoms with E-state index in [9.17, 15) is 18.0 Å². The highest BCUT2D eigenvalue weighted by atomic mass is 32.1. The number of hydrogen-bond donors (Lipinski definition) is 1. The molecule has 3 nitrogen and oxygen atoms in total. The molecule has 1 N–H and O–H groups in total. The normalized spacial score (nSPS) is 13.5. The topological polar surface area (TPSA) is 32.3 Å². The summed E-state index contributed by atoms with van der Waals surface area (Å²) in [4.78, 5) is 13.4. The van der Waals surface area contributed by atoms with Crippen LogP contribution in [0.1, 0.15) is 31.9 Å². The van der Waals surface area contributed by atoms with Crippen LogP contribution in [0.2, 0.25) is 0 Å². The lowest BCUT2D eigenvalue weighted by Crippen LogP contribution is -2.39. The first-order chi connectivity index (χ1) is 9.37. The van der Waals surface area contributed by atoms with Gasteiger partial charge in [0.15, 0.2) is 0 Å². The quantitative estimate of drug-likeness (QED) is 0.839. The zero-order valence-corrected chi connectivity index (χ0v) is 12.4. The Balaban J connectivity index is 2.64. The minimum atomic E-state index is -4.46. The first kappa shape index (κ1) is 17.0. The molecule has 1 aromatic rings. The van der Waals surface area contributed by atoms with Crippen LogP contribution in [0.25, 0.3) is 0 Å². The molecule has 7 heteroatoms. The number of thiophene rings is 1. The van der Waals surface area contributed by atoms with Gasteiger partial charge in [-0.1, -0.05) is 13.8 Å². The van der Waals surface area contributed by atoms with Crippen LogP contribution in [-0.2, 0) is 4.79 Å². The summed E-state index contributed by atoms with van der Waals surface area (Å²) in [7, 11) is 0. The van der Waals surface area contributed by atoms with Crippen LogP contribution in [0.15, 0.2) is 16.8 Å². The largest absolute Gasteiger partial charge is 0.397 e. The van der Waals surface area contributed by atoms with Gasteiger partial charge < -0.3 is 5.32 Å². The fraction of sp³-hybridized carbons (Fsp3) is 0.615. The van der Waals surface area contributed by atoms with Gasteiger partial charge in [0.2, 0.25) is 5.91 Å². The molecule has 0 aromatic carbocycles. The van der Waals surface area contributed by atoms with Crippen LogP contribution < -0.4 is 5.32 Å². The molecule has 1 amide bonds. The van der Waals surface area contributed by atoms with Crippen molar-refractivity contribution in [2.75, 3.05) is 19.6 Å². The van der Waals surface area contributed by atoms with Gasteiger partial charge in [-0.3, -0.25) is 9.69 Å². The Morgan fingerprint density at radius 3 is 2.50 bits per heavy atom. The number of halogens is 3. The third-order valence-corrected chi connectivity index (χ3v) is 3.74. The number of likely N-dealkylation sites (N-methyl/N-ethyl adjacent to an activating group) is 1. The van der Waals surface area contributed by atoms with Crippen molar-refractivity contribution in [1.82, 2.24) is 10.2 Å². The zero-order valence-electron chi connectivity index (χ0n) is 11.5. The summed E-state index contributed by atoms with van der Waals surface area (Å²) in [5.41, 5.74) is 1.02. The van der Waals surface area contributed by atoms with Crippen molar-refractivity contribution in [2.45, 2.75) is 32.5 Å². The molecular weight excluding hydrogens is 289 g/mol. The van der Waals surface area contributed by atoms with Crippen LogP contribution in [0.5, 0.6) is 0 Å². The highest BCUT2D eigenvalue weighted by Crippen LogP contribution is 2.23. The van der Waals surface area contributed by atoms with Gasteiger partial charge in [-0.05, 0) is 35.5 Å². The van der Waals surface area contributed by atoms with E-state index >= 15 is 0 Å². The summed E-state index contributed by atoms with van der Waals surface area (Å²) < 4.78 is 36.4. The van der Waals surface area contributed by atoms with Crippen molar-refractivity contribution in [3.8, 4) is 0 Å². The zero-order chi connectivity index (χ0) is 15.2. The van der Waals surface area contributed by atoms with E-state index in [4.69, 9.17) is 0 Å². The number of nitrogens with one attached hydrogen (secondary N) is 1. The number of hydrogen-bond acceptors (Lipinski definition) is 3. The highest BCUT2D eigenvalue weighted by Gasteiger charge is 2.31. The second-order valence-electron chi connectivity index (χ2n) is 4.39. The van der Waals surface area contributed by atoms with Crippen molar-refractivity contribution in [2.24, 2.45) is 0 Å². The maximum atomic E-state index is 12.1. The molecule has 0 saturated carbocycles. The van der Waals surface area contributed by atoms with Gasteiger partial charge in [-0.15, -0.1) is 0 Å². The summed E-state index contributed by atoms with van der Waals surface area (Å²) in [5.74, 6) is -0.982. The molecule has 114 valence electrons. The molecule has 0 unspecified atom stereocenters. The molecule has 1 rings (SSSR count). The summed E-state index contributed by atoms with van der Waals surface area (Å²) in [6.07, 6.45) is -5.89. The standard InChI is InChI=1S/C13H19F3N2OS/c1-3-18(4-2)11(10-5-6-20-9-10)8-17-12(19)7-13(14,15)16/h5-6,9,11H,3-4,7-8H2,1-2H3,(H,17,19)/t11-/m0/s1. The lowest BCUT2D eigenvalue weighted by Gasteiger charge is -2.29. The first-order valence-corrected chi connectivity index (χ1v) is 7.41. The van der Waals surface area contributed by atoms with E-state index in [1.54, 1.807) is 0 Å². The SMILES string of the molecule is CCN(CC)[C@@H](CNC(=O)CC(F)(F)F)c1ccsc1. The van der Waals surface area contributed by atoms with Crippen LogP contribution in [0.3, 0.4) is 0 Å². The number of carbonyl (C=O) groups is 1. The monoisotopic (exact) mass is 308 g/mol. The number of alkyl halides is 3. The van der Waals surface area contributed by atoms with E-state index in [-0.39, 0.29) is 12.6 Å². The average Bonchev–Trinajstić information content (AvgIpc) is 2.85. The average molecular weight is 308 g/mol. The number of carbonyl (C=O) groups excluding carboxylic acids is 1. The maximum absolute atomic E-state index is 12.1. The Kier molecular flexibility index (Phi) is 6.48. The molecule has 0 aliphatic carbocycles. The summed E-state index contributed by atoms with van der Waals surface area (Å²) in [6, 6.07) is 1.84. The number of nitrogens with zero attached hydrogens (tertiary/aromatic N) is 1. The molecule has 1 aromatic heterocycles. The van der Waals surface area contributed by atoms with Gasteiger partial charge in [0, 0.05) is 6.54 Å². The predicted molar refractivity (Wildman–Crippen MR) is 73.7 cm³/mol. The smallest absolute Gasteiger partial charge is 0.354 e. The third-order valence-electron chi connectivity index (χ3n) is 3.03. The van der Waals surface area contributed by atoms with Gasteiger partial charge in [0.25, 0.3) is 0 Å². The fourth-order valence-electron chi connectivity index (χ4n) is 2.04. The molecular formula is C13H19F3N2OS. The molecule has 0 saturated heterocycles. The van der Waals surface area contributed by atoms with Gasteiger partial charge in [0.05, 0.1) is 6.04 Å². The first-order valence-electron chi connectivity index (χ1n) is 6.47. The Morgan fingerprint density at radius 2 is 2.05 bits per heavy atom. The minimum absolute atomic E-state index is 0.0894. The van der Waals surface area contributed by atoms with Crippen LogP contribution >= 0.6 is 11.3 Å². The van der Waals surface area contributed by atoms with E-state index in [0.717, 1.165) is 18.7 Å². The van der Waals surface area contributed by atoms with Gasteiger partial charge in [-0.25, -0.2) is 0 Å². The number of amides is 1. The summed E-state index contributed by atoms with van der Waals surface area (Å²) in [5, 5.41) is 6.26. The van der Waals surface area contributed by atoms with Gasteiger partial charge >= 0.3 is 6.18 Å². The van der Waals surface area contributed by atoms with Crippen molar-refractivity contribution in [3.05, 3.63) is 22.4 Å². The fourth-order valence-corrected chi connectivity index (χ4v) is 2.75. The molecule has 0 radical (unpaired) electrons. The molecule has 1 atom stereocenters. The maximum Gasteiger partial charge on any atom is 0.397 e. The second-order valence-corrected chi connectivity index (χ2v) is 5.17. The van der Waals surface area contributed by atoms with Gasteiger partial charge in [0.1, 0.15) is 6.42 Å². The predicted octanol–water partition coefficient (Wildman–Crippen LogP) is 3.20. The van der Waals surface area contributed by atoms with E-state index in [1.165, 1.54) is 11.3 Å². The Labute approximate surface area is 120 Å². The molecule has 1 heterocycles. The van der Waals surface area contributed by atoms with Crippen LogP contribution in [0, 0.1) is 0 Å². The van der Waals surface area contributed by atoms with E-state index in [0.29, 0.717) is 0 Å². The lowest BCUT2D eigenvalue weighted by molar-refractivity contribution is -0.153. The van der Waals surface area contributed by atoms with Crippen molar-refractivity contribution >= 4 is 17.2 Å². The molecule has 0 fully saturated rings. The van der Waals surface area contributed by atoms with E-state index in [1.807, 2.05) is 30.7 Å². The number of rotatable bonds is 7. The molecule has 0 spiro atoms. The Hall–Kier alpha value is -1.08. The van der Waals surface area contributed by atoms with Gasteiger partial charge in [-0.2, -0.15) is 24.5 Å². The van der Waals surface area contributed by atoms with Crippen LogP contribution in [0.4, 0.5) is 13.2 Å². The van der Waals surface area contributed by atoms with E-state index in [2.05, 4.69) is 10.2 Å². The second kappa shape index (κ2) is 7.64. The highest BCUT2D eigenvalue weighted by molar-refractivity contribution is 7.07. The molecule has 0 bridgehead atoms.